The van der Waals surface area contributed by atoms with E-state index in [1.54, 1.807) is 60.7 Å². The van der Waals surface area contributed by atoms with E-state index < -0.39 is 17.8 Å². The number of rotatable bonds is 8. The first-order valence-electron chi connectivity index (χ1n) is 12.3. The number of imide groups is 2. The zero-order valence-corrected chi connectivity index (χ0v) is 24.4. The topological polar surface area (TPSA) is 84.9 Å². The van der Waals surface area contributed by atoms with Gasteiger partial charge in [-0.15, -0.1) is 0 Å². The van der Waals surface area contributed by atoms with Crippen LogP contribution in [0.5, 0.6) is 11.5 Å². The molecule has 4 aromatic rings. The van der Waals surface area contributed by atoms with Gasteiger partial charge in [0, 0.05) is 25.6 Å². The predicted octanol–water partition coefficient (Wildman–Crippen LogP) is 7.58. The Labute approximate surface area is 254 Å². The lowest BCUT2D eigenvalue weighted by molar-refractivity contribution is -0.122. The smallest absolute Gasteiger partial charge is 0.335 e. The van der Waals surface area contributed by atoms with Crippen LogP contribution in [0, 0.1) is 0 Å². The van der Waals surface area contributed by atoms with Gasteiger partial charge in [-0.3, -0.25) is 14.9 Å². The standard InChI is InChI=1S/C31H21BrCl2N2O5/c32-22-7-13-28(41-17-19-4-2-1-3-5-19)21(14-22)15-26-29(37)35-31(39)36(30(26)38)24-9-11-25(12-10-24)40-18-20-6-8-23(33)16-27(20)34/h1-16H,17-18H2,(H,35,37,39)/b26-15+. The van der Waals surface area contributed by atoms with Crippen molar-refractivity contribution in [3.8, 4) is 11.5 Å². The van der Waals surface area contributed by atoms with Crippen LogP contribution >= 0.6 is 39.1 Å². The van der Waals surface area contributed by atoms with Crippen LogP contribution in [0.3, 0.4) is 0 Å². The van der Waals surface area contributed by atoms with E-state index in [1.807, 2.05) is 30.3 Å². The second-order valence-electron chi connectivity index (χ2n) is 8.93. The van der Waals surface area contributed by atoms with Crippen LogP contribution < -0.4 is 19.7 Å². The van der Waals surface area contributed by atoms with Crippen molar-refractivity contribution < 1.29 is 23.9 Å². The molecule has 0 atom stereocenters. The average molecular weight is 652 g/mol. The zero-order chi connectivity index (χ0) is 28.9. The molecule has 7 nitrogen and oxygen atoms in total. The van der Waals surface area contributed by atoms with Crippen LogP contribution in [-0.2, 0) is 22.8 Å². The molecule has 0 unspecified atom stereocenters. The number of benzene rings is 4. The minimum Gasteiger partial charge on any atom is -0.489 e. The molecule has 0 bridgehead atoms. The maximum absolute atomic E-state index is 13.5. The van der Waals surface area contributed by atoms with Crippen molar-refractivity contribution in [2.45, 2.75) is 13.2 Å². The van der Waals surface area contributed by atoms with E-state index in [0.717, 1.165) is 20.5 Å². The normalized spacial score (nSPS) is 14.3. The van der Waals surface area contributed by atoms with Crippen LogP contribution in [0.1, 0.15) is 16.7 Å². The summed E-state index contributed by atoms with van der Waals surface area (Å²) >= 11 is 15.6. The first-order valence-corrected chi connectivity index (χ1v) is 13.9. The summed E-state index contributed by atoms with van der Waals surface area (Å²) in [5.41, 5.74) is 2.25. The highest BCUT2D eigenvalue weighted by Gasteiger charge is 2.37. The molecule has 0 radical (unpaired) electrons. The minimum atomic E-state index is -0.853. The van der Waals surface area contributed by atoms with Crippen LogP contribution in [0.15, 0.2) is 101 Å². The Morgan fingerprint density at radius 1 is 0.829 bits per heavy atom. The molecule has 1 saturated heterocycles. The van der Waals surface area contributed by atoms with E-state index in [2.05, 4.69) is 21.2 Å². The highest BCUT2D eigenvalue weighted by molar-refractivity contribution is 9.10. The molecule has 5 rings (SSSR count). The number of urea groups is 1. The summed E-state index contributed by atoms with van der Waals surface area (Å²) in [6.07, 6.45) is 1.41. The number of amides is 4. The summed E-state index contributed by atoms with van der Waals surface area (Å²) < 4.78 is 12.5. The molecule has 4 aromatic carbocycles. The lowest BCUT2D eigenvalue weighted by Crippen LogP contribution is -2.54. The zero-order valence-electron chi connectivity index (χ0n) is 21.3. The summed E-state index contributed by atoms with van der Waals surface area (Å²) in [6, 6.07) is 25.5. The number of carbonyl (C=O) groups is 3. The third-order valence-corrected chi connectivity index (χ3v) is 7.20. The van der Waals surface area contributed by atoms with Crippen molar-refractivity contribution >= 4 is 68.7 Å². The van der Waals surface area contributed by atoms with Crippen molar-refractivity contribution in [2.24, 2.45) is 0 Å². The number of nitrogens with zero attached hydrogens (tertiary/aromatic N) is 1. The quantitative estimate of drug-likeness (QED) is 0.157. The second-order valence-corrected chi connectivity index (χ2v) is 10.7. The number of hydrogen-bond acceptors (Lipinski definition) is 5. The fourth-order valence-electron chi connectivity index (χ4n) is 4.04. The number of anilines is 1. The monoisotopic (exact) mass is 650 g/mol. The Hall–Kier alpha value is -4.11. The Bertz CT molecular complexity index is 1660. The summed E-state index contributed by atoms with van der Waals surface area (Å²) in [7, 11) is 0. The number of carbonyl (C=O) groups excluding carboxylic acids is 3. The van der Waals surface area contributed by atoms with Crippen molar-refractivity contribution in [1.29, 1.82) is 0 Å². The second kappa shape index (κ2) is 12.6. The molecular weight excluding hydrogens is 631 g/mol. The number of ether oxygens (including phenoxy) is 2. The third kappa shape index (κ3) is 6.79. The molecular formula is C31H21BrCl2N2O5. The van der Waals surface area contributed by atoms with Crippen molar-refractivity contribution in [3.05, 3.63) is 128 Å². The van der Waals surface area contributed by atoms with Crippen LogP contribution in [0.25, 0.3) is 6.08 Å². The summed E-state index contributed by atoms with van der Waals surface area (Å²) in [5, 5.41) is 3.25. The number of hydrogen-bond donors (Lipinski definition) is 1. The van der Waals surface area contributed by atoms with Crippen molar-refractivity contribution in [1.82, 2.24) is 5.32 Å². The molecule has 0 spiro atoms. The Balaban J connectivity index is 1.35. The Kier molecular flexibility index (Phi) is 8.73. The first kappa shape index (κ1) is 28.4. The summed E-state index contributed by atoms with van der Waals surface area (Å²) in [5.74, 6) is -0.610. The van der Waals surface area contributed by atoms with E-state index in [9.17, 15) is 14.4 Å². The summed E-state index contributed by atoms with van der Waals surface area (Å²) in [4.78, 5) is 39.8. The molecule has 41 heavy (non-hydrogen) atoms. The molecule has 0 aliphatic carbocycles. The van der Waals surface area contributed by atoms with E-state index in [-0.39, 0.29) is 17.9 Å². The maximum Gasteiger partial charge on any atom is 0.335 e. The van der Waals surface area contributed by atoms with Gasteiger partial charge in [0.2, 0.25) is 0 Å². The van der Waals surface area contributed by atoms with Gasteiger partial charge < -0.3 is 9.47 Å². The largest absolute Gasteiger partial charge is 0.489 e. The van der Waals surface area contributed by atoms with Gasteiger partial charge in [0.1, 0.15) is 30.3 Å². The first-order chi connectivity index (χ1) is 19.8. The average Bonchev–Trinajstić information content (AvgIpc) is 2.95. The molecule has 206 valence electrons. The van der Waals surface area contributed by atoms with Crippen molar-refractivity contribution in [3.63, 3.8) is 0 Å². The molecule has 1 aliphatic heterocycles. The van der Waals surface area contributed by atoms with E-state index in [0.29, 0.717) is 33.7 Å². The van der Waals surface area contributed by atoms with Gasteiger partial charge >= 0.3 is 6.03 Å². The molecule has 0 saturated carbocycles. The molecule has 10 heteroatoms. The number of barbiturate groups is 1. The predicted molar refractivity (Wildman–Crippen MR) is 161 cm³/mol. The SMILES string of the molecule is O=C1NC(=O)N(c2ccc(OCc3ccc(Cl)cc3Cl)cc2)C(=O)/C1=C/c1cc(Br)ccc1OCc1ccccc1. The minimum absolute atomic E-state index is 0.196. The molecule has 1 N–H and O–H groups in total. The van der Waals surface area contributed by atoms with Gasteiger partial charge in [0.05, 0.1) is 5.69 Å². The van der Waals surface area contributed by atoms with E-state index in [1.165, 1.54) is 6.08 Å². The van der Waals surface area contributed by atoms with Crippen LogP contribution in [0.4, 0.5) is 10.5 Å². The Morgan fingerprint density at radius 2 is 1.59 bits per heavy atom. The lowest BCUT2D eigenvalue weighted by Gasteiger charge is -2.26. The molecule has 1 fully saturated rings. The highest BCUT2D eigenvalue weighted by atomic mass is 79.9. The molecule has 1 aliphatic rings. The van der Waals surface area contributed by atoms with E-state index in [4.69, 9.17) is 32.7 Å². The van der Waals surface area contributed by atoms with Gasteiger partial charge in [-0.2, -0.15) is 0 Å². The molecule has 0 aromatic heterocycles. The van der Waals surface area contributed by atoms with Crippen LogP contribution in [-0.4, -0.2) is 17.8 Å². The van der Waals surface area contributed by atoms with Gasteiger partial charge in [0.25, 0.3) is 11.8 Å². The highest BCUT2D eigenvalue weighted by Crippen LogP contribution is 2.30. The Morgan fingerprint density at radius 3 is 2.32 bits per heavy atom. The van der Waals surface area contributed by atoms with Gasteiger partial charge in [-0.25, -0.2) is 9.69 Å². The lowest BCUT2D eigenvalue weighted by atomic mass is 10.1. The molecule has 1 heterocycles. The fraction of sp³-hybridized carbons (Fsp3) is 0.0645. The number of nitrogens with one attached hydrogen (secondary N) is 1. The maximum atomic E-state index is 13.5. The van der Waals surface area contributed by atoms with Crippen LogP contribution in [0.2, 0.25) is 10.0 Å². The summed E-state index contributed by atoms with van der Waals surface area (Å²) in [6.45, 7) is 0.489. The van der Waals surface area contributed by atoms with Gasteiger partial charge in [0.15, 0.2) is 0 Å². The third-order valence-electron chi connectivity index (χ3n) is 6.11. The van der Waals surface area contributed by atoms with E-state index >= 15 is 0 Å². The number of halogens is 3. The fourth-order valence-corrected chi connectivity index (χ4v) is 4.88. The van der Waals surface area contributed by atoms with Gasteiger partial charge in [-0.05, 0) is 66.2 Å². The van der Waals surface area contributed by atoms with Crippen molar-refractivity contribution in [2.75, 3.05) is 4.90 Å². The molecule has 4 amide bonds. The van der Waals surface area contributed by atoms with Gasteiger partial charge in [-0.1, -0.05) is 75.5 Å².